The van der Waals surface area contributed by atoms with Gasteiger partial charge in [0.25, 0.3) is 0 Å². The van der Waals surface area contributed by atoms with Crippen molar-refractivity contribution in [3.05, 3.63) is 12.4 Å². The van der Waals surface area contributed by atoms with Gasteiger partial charge in [0.2, 0.25) is 0 Å². The first-order chi connectivity index (χ1) is 9.02. The van der Waals surface area contributed by atoms with Crippen molar-refractivity contribution in [1.29, 1.82) is 0 Å². The van der Waals surface area contributed by atoms with Gasteiger partial charge in [-0.25, -0.2) is 9.97 Å². The molecule has 0 aliphatic carbocycles. The van der Waals surface area contributed by atoms with Crippen LogP contribution in [-0.2, 0) is 0 Å². The molecule has 1 saturated heterocycles. The fourth-order valence-corrected chi connectivity index (χ4v) is 2.37. The predicted octanol–water partition coefficient (Wildman–Crippen LogP) is 1.37. The zero-order chi connectivity index (χ0) is 13.9. The second kappa shape index (κ2) is 5.74. The lowest BCUT2D eigenvalue weighted by atomic mass is 9.93. The van der Waals surface area contributed by atoms with Gasteiger partial charge in [-0.3, -0.25) is 0 Å². The van der Waals surface area contributed by atoms with E-state index in [4.69, 9.17) is 0 Å². The summed E-state index contributed by atoms with van der Waals surface area (Å²) < 4.78 is 0. The summed E-state index contributed by atoms with van der Waals surface area (Å²) in [5.74, 6) is 2.02. The van der Waals surface area contributed by atoms with Crippen LogP contribution in [0.4, 0.5) is 11.6 Å². The van der Waals surface area contributed by atoms with Gasteiger partial charge < -0.3 is 15.1 Å². The average Bonchev–Trinajstić information content (AvgIpc) is 2.59. The molecule has 1 fully saturated rings. The van der Waals surface area contributed by atoms with Crippen LogP contribution in [0.2, 0.25) is 0 Å². The fraction of sp³-hybridized carbons (Fsp3) is 0.714. The second-order valence-electron chi connectivity index (χ2n) is 6.01. The first kappa shape index (κ1) is 14.1. The third-order valence-corrected chi connectivity index (χ3v) is 3.61. The first-order valence-corrected chi connectivity index (χ1v) is 7.01. The summed E-state index contributed by atoms with van der Waals surface area (Å²) in [6.07, 6.45) is 1.67. The van der Waals surface area contributed by atoms with E-state index in [1.165, 1.54) is 0 Å². The number of rotatable bonds is 3. The molecule has 1 aliphatic rings. The molecule has 106 valence electrons. The number of aromatic nitrogens is 2. The van der Waals surface area contributed by atoms with Crippen molar-refractivity contribution in [3.8, 4) is 0 Å². The highest BCUT2D eigenvalue weighted by molar-refractivity contribution is 5.50. The normalized spacial score (nSPS) is 19.1. The van der Waals surface area contributed by atoms with E-state index in [2.05, 4.69) is 59.0 Å². The topological polar surface area (TPSA) is 44.3 Å². The van der Waals surface area contributed by atoms with Gasteiger partial charge in [0.15, 0.2) is 0 Å². The highest BCUT2D eigenvalue weighted by atomic mass is 15.2. The van der Waals surface area contributed by atoms with Gasteiger partial charge in [0, 0.05) is 45.8 Å². The minimum absolute atomic E-state index is 0.262. The van der Waals surface area contributed by atoms with Gasteiger partial charge in [0.1, 0.15) is 18.0 Å². The Morgan fingerprint density at radius 3 is 2.95 bits per heavy atom. The molecule has 0 radical (unpaired) electrons. The van der Waals surface area contributed by atoms with Gasteiger partial charge in [-0.2, -0.15) is 0 Å². The molecular weight excluding hydrogens is 238 g/mol. The lowest BCUT2D eigenvalue weighted by Gasteiger charge is -2.30. The highest BCUT2D eigenvalue weighted by Crippen LogP contribution is 2.23. The van der Waals surface area contributed by atoms with Gasteiger partial charge >= 0.3 is 0 Å². The summed E-state index contributed by atoms with van der Waals surface area (Å²) in [6, 6.07) is 2.09. The van der Waals surface area contributed by atoms with Gasteiger partial charge in [0.05, 0.1) is 0 Å². The van der Waals surface area contributed by atoms with Crippen molar-refractivity contribution in [2.45, 2.75) is 20.8 Å². The van der Waals surface area contributed by atoms with Crippen LogP contribution in [-0.4, -0.2) is 49.7 Å². The predicted molar refractivity (Wildman–Crippen MR) is 79.8 cm³/mol. The maximum Gasteiger partial charge on any atom is 0.134 e. The molecule has 2 heterocycles. The van der Waals surface area contributed by atoms with Gasteiger partial charge in [-0.15, -0.1) is 0 Å². The van der Waals surface area contributed by atoms with Crippen molar-refractivity contribution in [2.24, 2.45) is 5.41 Å². The summed E-state index contributed by atoms with van der Waals surface area (Å²) in [6.45, 7) is 11.7. The number of hydrogen-bond acceptors (Lipinski definition) is 5. The highest BCUT2D eigenvalue weighted by Gasteiger charge is 2.25. The van der Waals surface area contributed by atoms with Gasteiger partial charge in [-0.05, 0) is 12.3 Å². The Labute approximate surface area is 116 Å². The number of nitrogens with zero attached hydrogens (tertiary/aromatic N) is 4. The molecule has 0 atom stereocenters. The standard InChI is InChI=1S/C14H25N5/c1-5-18(4)12-8-13(17-11-16-12)19-7-6-15-9-14(2,3)10-19/h8,11,15H,5-7,9-10H2,1-4H3. The van der Waals surface area contributed by atoms with Crippen LogP contribution in [0, 0.1) is 5.41 Å². The summed E-state index contributed by atoms with van der Waals surface area (Å²) in [4.78, 5) is 13.3. The van der Waals surface area contributed by atoms with Crippen molar-refractivity contribution in [3.63, 3.8) is 0 Å². The fourth-order valence-electron chi connectivity index (χ4n) is 2.37. The lowest BCUT2D eigenvalue weighted by molar-refractivity contribution is 0.370. The van der Waals surface area contributed by atoms with E-state index < -0.39 is 0 Å². The molecule has 5 nitrogen and oxygen atoms in total. The molecule has 1 aromatic rings. The first-order valence-electron chi connectivity index (χ1n) is 7.01. The van der Waals surface area contributed by atoms with Crippen LogP contribution in [0.3, 0.4) is 0 Å². The molecule has 0 amide bonds. The maximum absolute atomic E-state index is 4.45. The van der Waals surface area contributed by atoms with E-state index in [0.29, 0.717) is 0 Å². The Bertz CT molecular complexity index is 418. The van der Waals surface area contributed by atoms with E-state index in [1.54, 1.807) is 6.33 Å². The summed E-state index contributed by atoms with van der Waals surface area (Å²) >= 11 is 0. The Morgan fingerprint density at radius 2 is 2.21 bits per heavy atom. The zero-order valence-corrected chi connectivity index (χ0v) is 12.5. The number of hydrogen-bond donors (Lipinski definition) is 1. The van der Waals surface area contributed by atoms with Crippen LogP contribution in [0.25, 0.3) is 0 Å². The Morgan fingerprint density at radius 1 is 1.42 bits per heavy atom. The zero-order valence-electron chi connectivity index (χ0n) is 12.5. The molecule has 1 aliphatic heterocycles. The van der Waals surface area contributed by atoms with Crippen LogP contribution < -0.4 is 15.1 Å². The Hall–Kier alpha value is -1.36. The van der Waals surface area contributed by atoms with E-state index >= 15 is 0 Å². The molecule has 0 aromatic carbocycles. The summed E-state index contributed by atoms with van der Waals surface area (Å²) in [7, 11) is 2.06. The molecule has 1 aromatic heterocycles. The molecule has 5 heteroatoms. The molecule has 19 heavy (non-hydrogen) atoms. The third-order valence-electron chi connectivity index (χ3n) is 3.61. The van der Waals surface area contributed by atoms with E-state index in [9.17, 15) is 0 Å². The molecular formula is C14H25N5. The minimum Gasteiger partial charge on any atom is -0.360 e. The Kier molecular flexibility index (Phi) is 4.24. The lowest BCUT2D eigenvalue weighted by Crippen LogP contribution is -2.35. The number of nitrogens with one attached hydrogen (secondary N) is 1. The maximum atomic E-state index is 4.45. The molecule has 0 spiro atoms. The third kappa shape index (κ3) is 3.56. The second-order valence-corrected chi connectivity index (χ2v) is 6.01. The van der Waals surface area contributed by atoms with Crippen LogP contribution in [0.5, 0.6) is 0 Å². The quantitative estimate of drug-likeness (QED) is 0.892. The largest absolute Gasteiger partial charge is 0.360 e. The minimum atomic E-state index is 0.262. The van der Waals surface area contributed by atoms with E-state index in [1.807, 2.05) is 0 Å². The average molecular weight is 263 g/mol. The van der Waals surface area contributed by atoms with Crippen molar-refractivity contribution in [2.75, 3.05) is 49.6 Å². The molecule has 1 N–H and O–H groups in total. The van der Waals surface area contributed by atoms with Crippen LogP contribution in [0.1, 0.15) is 20.8 Å². The molecule has 0 saturated carbocycles. The Balaban J connectivity index is 2.20. The SMILES string of the molecule is CCN(C)c1cc(N2CCNCC(C)(C)C2)ncn1. The smallest absolute Gasteiger partial charge is 0.134 e. The van der Waals surface area contributed by atoms with E-state index in [0.717, 1.165) is 44.4 Å². The van der Waals surface area contributed by atoms with Crippen LogP contribution >= 0.6 is 0 Å². The van der Waals surface area contributed by atoms with Gasteiger partial charge in [-0.1, -0.05) is 13.8 Å². The molecule has 0 unspecified atom stereocenters. The summed E-state index contributed by atoms with van der Waals surface area (Å²) in [5, 5.41) is 3.49. The summed E-state index contributed by atoms with van der Waals surface area (Å²) in [5.41, 5.74) is 0.262. The van der Waals surface area contributed by atoms with Crippen LogP contribution in [0.15, 0.2) is 12.4 Å². The van der Waals surface area contributed by atoms with E-state index in [-0.39, 0.29) is 5.41 Å². The molecule has 2 rings (SSSR count). The van der Waals surface area contributed by atoms with Crippen molar-refractivity contribution in [1.82, 2.24) is 15.3 Å². The van der Waals surface area contributed by atoms with Crippen molar-refractivity contribution >= 4 is 11.6 Å². The van der Waals surface area contributed by atoms with Crippen molar-refractivity contribution < 1.29 is 0 Å². The monoisotopic (exact) mass is 263 g/mol. The number of anilines is 2. The molecule has 0 bridgehead atoms.